The van der Waals surface area contributed by atoms with Gasteiger partial charge in [-0.3, -0.25) is 4.79 Å². The molecule has 0 spiro atoms. The minimum atomic E-state index is 0.722. The number of hydrogen-bond acceptors (Lipinski definition) is 3. The molecule has 3 heteroatoms. The Kier molecular flexibility index (Phi) is 4.15. The predicted octanol–water partition coefficient (Wildman–Crippen LogP) is 2.36. The molecule has 1 fully saturated rings. The molecule has 0 saturated heterocycles. The molecule has 1 aliphatic carbocycles. The molecule has 92 valence electrons. The molecule has 0 atom stereocenters. The first-order valence-electron chi connectivity index (χ1n) is 6.14. The van der Waals surface area contributed by atoms with Crippen LogP contribution in [-0.2, 0) is 4.74 Å². The zero-order chi connectivity index (χ0) is 12.1. The Balaban J connectivity index is 1.80. The van der Waals surface area contributed by atoms with Crippen LogP contribution < -0.4 is 4.90 Å². The van der Waals surface area contributed by atoms with Gasteiger partial charge < -0.3 is 9.64 Å². The standard InChI is InChI=1S/C14H19NO2/c1-15(8-9-17-11-12-6-7-12)14-5-3-2-4-13(14)10-16/h2-5,10,12H,6-9,11H2,1H3. The van der Waals surface area contributed by atoms with Gasteiger partial charge in [-0.1, -0.05) is 12.1 Å². The fourth-order valence-corrected chi connectivity index (χ4v) is 1.79. The first kappa shape index (κ1) is 12.1. The highest BCUT2D eigenvalue weighted by Gasteiger charge is 2.21. The van der Waals surface area contributed by atoms with Crippen LogP contribution in [0.25, 0.3) is 0 Å². The first-order valence-corrected chi connectivity index (χ1v) is 6.14. The van der Waals surface area contributed by atoms with E-state index in [4.69, 9.17) is 4.74 Å². The normalized spacial score (nSPS) is 14.6. The molecule has 1 saturated carbocycles. The fraction of sp³-hybridized carbons (Fsp3) is 0.500. The van der Waals surface area contributed by atoms with Crippen LogP contribution in [0, 0.1) is 5.92 Å². The molecule has 0 heterocycles. The van der Waals surface area contributed by atoms with E-state index in [1.807, 2.05) is 31.3 Å². The lowest BCUT2D eigenvalue weighted by Gasteiger charge is -2.20. The summed E-state index contributed by atoms with van der Waals surface area (Å²) in [6, 6.07) is 7.63. The van der Waals surface area contributed by atoms with Gasteiger partial charge in [0, 0.05) is 31.5 Å². The number of nitrogens with zero attached hydrogens (tertiary/aromatic N) is 1. The number of benzene rings is 1. The fourth-order valence-electron chi connectivity index (χ4n) is 1.79. The van der Waals surface area contributed by atoms with Gasteiger partial charge in [-0.2, -0.15) is 0 Å². The number of rotatable bonds is 7. The molecule has 0 N–H and O–H groups in total. The maximum Gasteiger partial charge on any atom is 0.152 e. The Morgan fingerprint density at radius 2 is 2.18 bits per heavy atom. The number of carbonyl (C=O) groups excluding carboxylic acids is 1. The SMILES string of the molecule is CN(CCOCC1CC1)c1ccccc1C=O. The van der Waals surface area contributed by atoms with Gasteiger partial charge in [0.25, 0.3) is 0 Å². The van der Waals surface area contributed by atoms with Crippen molar-refractivity contribution in [1.29, 1.82) is 0 Å². The zero-order valence-electron chi connectivity index (χ0n) is 10.3. The molecule has 0 aliphatic heterocycles. The highest BCUT2D eigenvalue weighted by molar-refractivity contribution is 5.84. The van der Waals surface area contributed by atoms with Crippen LogP contribution in [0.3, 0.4) is 0 Å². The van der Waals surface area contributed by atoms with Crippen molar-refractivity contribution in [2.45, 2.75) is 12.8 Å². The lowest BCUT2D eigenvalue weighted by Crippen LogP contribution is -2.24. The molecule has 17 heavy (non-hydrogen) atoms. The Morgan fingerprint density at radius 3 is 2.88 bits per heavy atom. The lowest BCUT2D eigenvalue weighted by molar-refractivity contribution is 0.112. The summed E-state index contributed by atoms with van der Waals surface area (Å²) in [5.41, 5.74) is 1.70. The quantitative estimate of drug-likeness (QED) is 0.535. The summed E-state index contributed by atoms with van der Waals surface area (Å²) in [6.45, 7) is 2.43. The van der Waals surface area contributed by atoms with Gasteiger partial charge in [0.15, 0.2) is 6.29 Å². The van der Waals surface area contributed by atoms with Gasteiger partial charge in [0.05, 0.1) is 6.61 Å². The second-order valence-electron chi connectivity index (χ2n) is 4.62. The van der Waals surface area contributed by atoms with Crippen molar-refractivity contribution in [3.8, 4) is 0 Å². The van der Waals surface area contributed by atoms with Gasteiger partial charge in [-0.25, -0.2) is 0 Å². The molecule has 0 radical (unpaired) electrons. The number of anilines is 1. The van der Waals surface area contributed by atoms with E-state index in [0.29, 0.717) is 0 Å². The number of hydrogen-bond donors (Lipinski definition) is 0. The summed E-state index contributed by atoms with van der Waals surface area (Å²) < 4.78 is 5.59. The summed E-state index contributed by atoms with van der Waals surface area (Å²) in [5, 5.41) is 0. The first-order chi connectivity index (χ1) is 8.31. The topological polar surface area (TPSA) is 29.5 Å². The van der Waals surface area contributed by atoms with Gasteiger partial charge >= 0.3 is 0 Å². The van der Waals surface area contributed by atoms with Gasteiger partial charge in [0.2, 0.25) is 0 Å². The minimum absolute atomic E-state index is 0.722. The monoisotopic (exact) mass is 233 g/mol. The van der Waals surface area contributed by atoms with Crippen molar-refractivity contribution in [2.75, 3.05) is 31.7 Å². The van der Waals surface area contributed by atoms with Crippen molar-refractivity contribution in [3.63, 3.8) is 0 Å². The molecule has 1 aliphatic rings. The van der Waals surface area contributed by atoms with E-state index in [1.54, 1.807) is 0 Å². The van der Waals surface area contributed by atoms with E-state index < -0.39 is 0 Å². The molecular formula is C14H19NO2. The van der Waals surface area contributed by atoms with E-state index >= 15 is 0 Å². The largest absolute Gasteiger partial charge is 0.379 e. The van der Waals surface area contributed by atoms with Gasteiger partial charge in [0.1, 0.15) is 0 Å². The van der Waals surface area contributed by atoms with Crippen LogP contribution in [0.1, 0.15) is 23.2 Å². The molecule has 2 rings (SSSR count). The van der Waals surface area contributed by atoms with Crippen LogP contribution in [0.5, 0.6) is 0 Å². The van der Waals surface area contributed by atoms with Crippen molar-refractivity contribution in [3.05, 3.63) is 29.8 Å². The Bertz CT molecular complexity index is 374. The third kappa shape index (κ3) is 3.56. The summed E-state index contributed by atoms with van der Waals surface area (Å²) in [6.07, 6.45) is 3.55. The summed E-state index contributed by atoms with van der Waals surface area (Å²) in [5.74, 6) is 0.808. The molecule has 0 bridgehead atoms. The molecule has 1 aromatic carbocycles. The molecule has 1 aromatic rings. The number of para-hydroxylation sites is 1. The van der Waals surface area contributed by atoms with E-state index in [2.05, 4.69) is 4.90 Å². The number of carbonyl (C=O) groups is 1. The van der Waals surface area contributed by atoms with Crippen LogP contribution in [-0.4, -0.2) is 33.1 Å². The number of likely N-dealkylation sites (N-methyl/N-ethyl adjacent to an activating group) is 1. The van der Waals surface area contributed by atoms with Gasteiger partial charge in [-0.05, 0) is 30.9 Å². The van der Waals surface area contributed by atoms with E-state index in [-0.39, 0.29) is 0 Å². The lowest BCUT2D eigenvalue weighted by atomic mass is 10.2. The summed E-state index contributed by atoms with van der Waals surface area (Å²) in [7, 11) is 1.99. The van der Waals surface area contributed by atoms with E-state index in [1.165, 1.54) is 12.8 Å². The smallest absolute Gasteiger partial charge is 0.152 e. The zero-order valence-corrected chi connectivity index (χ0v) is 10.3. The van der Waals surface area contributed by atoms with Gasteiger partial charge in [-0.15, -0.1) is 0 Å². The summed E-state index contributed by atoms with van der Waals surface area (Å²) >= 11 is 0. The van der Waals surface area contributed by atoms with Crippen LogP contribution in [0.15, 0.2) is 24.3 Å². The van der Waals surface area contributed by atoms with E-state index in [9.17, 15) is 4.79 Å². The maximum atomic E-state index is 10.9. The third-order valence-corrected chi connectivity index (χ3v) is 3.10. The molecule has 0 unspecified atom stereocenters. The molecular weight excluding hydrogens is 214 g/mol. The van der Waals surface area contributed by atoms with Crippen molar-refractivity contribution < 1.29 is 9.53 Å². The third-order valence-electron chi connectivity index (χ3n) is 3.10. The van der Waals surface area contributed by atoms with Crippen LogP contribution in [0.4, 0.5) is 5.69 Å². The summed E-state index contributed by atoms with van der Waals surface area (Å²) in [4.78, 5) is 13.0. The highest BCUT2D eigenvalue weighted by Crippen LogP contribution is 2.28. The average molecular weight is 233 g/mol. The Labute approximate surface area is 102 Å². The predicted molar refractivity (Wildman–Crippen MR) is 68.6 cm³/mol. The van der Waals surface area contributed by atoms with E-state index in [0.717, 1.165) is 43.2 Å². The molecule has 0 amide bonds. The van der Waals surface area contributed by atoms with Crippen LogP contribution in [0.2, 0.25) is 0 Å². The van der Waals surface area contributed by atoms with Crippen molar-refractivity contribution in [1.82, 2.24) is 0 Å². The maximum absolute atomic E-state index is 10.9. The average Bonchev–Trinajstić information content (AvgIpc) is 3.18. The van der Waals surface area contributed by atoms with Crippen LogP contribution >= 0.6 is 0 Å². The Hall–Kier alpha value is -1.35. The minimum Gasteiger partial charge on any atom is -0.379 e. The second kappa shape index (κ2) is 5.82. The number of ether oxygens (including phenoxy) is 1. The number of aldehydes is 1. The highest BCUT2D eigenvalue weighted by atomic mass is 16.5. The van der Waals surface area contributed by atoms with Crippen molar-refractivity contribution >= 4 is 12.0 Å². The molecule has 3 nitrogen and oxygen atoms in total. The Morgan fingerprint density at radius 1 is 1.41 bits per heavy atom. The van der Waals surface area contributed by atoms with Crippen molar-refractivity contribution in [2.24, 2.45) is 5.92 Å². The second-order valence-corrected chi connectivity index (χ2v) is 4.62. The molecule has 0 aromatic heterocycles.